The van der Waals surface area contributed by atoms with Crippen LogP contribution < -0.4 is 0 Å². The Morgan fingerprint density at radius 2 is 0.576 bits per heavy atom. The third-order valence-electron chi connectivity index (χ3n) is 12.5. The van der Waals surface area contributed by atoms with Crippen LogP contribution in [0.2, 0.25) is 0 Å². The molecule has 2 aromatic heterocycles. The molecule has 0 saturated carbocycles. The molecule has 0 aliphatic carbocycles. The van der Waals surface area contributed by atoms with Crippen LogP contribution in [0.4, 0.5) is 0 Å². The molecule has 4 nitrogen and oxygen atoms in total. The molecule has 0 atom stereocenters. The highest BCUT2D eigenvalue weighted by Crippen LogP contribution is 2.38. The standard InChI is InChI=1S/C62H40N4/c1-3-13-41(14-4-1)43-29-33-48(34-30-43)60-64-61(49-35-31-44(32-36-49)42-15-5-2-6-16-42)66-62(65-60)53-21-12-19-51(40-53)46-27-25-45(26-28-46)50-18-11-20-52(39-50)58-56-24-10-9-23-55(56)57-38-37-47-17-7-8-22-54(47)59(57)63-58/h1-40H. The number of hydrogen-bond acceptors (Lipinski definition) is 4. The van der Waals surface area contributed by atoms with Gasteiger partial charge in [-0.25, -0.2) is 19.9 Å². The zero-order valence-electron chi connectivity index (χ0n) is 35.9. The van der Waals surface area contributed by atoms with E-state index in [1.54, 1.807) is 0 Å². The number of fused-ring (bicyclic) bond motifs is 5. The van der Waals surface area contributed by atoms with Crippen molar-refractivity contribution in [3.05, 3.63) is 243 Å². The number of aromatic nitrogens is 4. The highest BCUT2D eigenvalue weighted by molar-refractivity contribution is 6.18. The molecule has 2 heterocycles. The van der Waals surface area contributed by atoms with Crippen molar-refractivity contribution >= 4 is 32.4 Å². The second kappa shape index (κ2) is 16.7. The van der Waals surface area contributed by atoms with Gasteiger partial charge in [-0.3, -0.25) is 0 Å². The van der Waals surface area contributed by atoms with Gasteiger partial charge in [0.2, 0.25) is 0 Å². The fourth-order valence-electron chi connectivity index (χ4n) is 9.10. The first-order chi connectivity index (χ1) is 32.7. The van der Waals surface area contributed by atoms with Crippen molar-refractivity contribution in [1.82, 2.24) is 19.9 Å². The monoisotopic (exact) mass is 840 g/mol. The van der Waals surface area contributed by atoms with Crippen LogP contribution in [-0.4, -0.2) is 19.9 Å². The Hall–Kier alpha value is -8.86. The first kappa shape index (κ1) is 38.8. The van der Waals surface area contributed by atoms with E-state index in [0.29, 0.717) is 17.5 Å². The van der Waals surface area contributed by atoms with Crippen LogP contribution in [-0.2, 0) is 0 Å². The highest BCUT2D eigenvalue weighted by atomic mass is 15.0. The zero-order valence-corrected chi connectivity index (χ0v) is 35.9. The number of pyridine rings is 1. The molecule has 0 unspecified atom stereocenters. The van der Waals surface area contributed by atoms with Crippen LogP contribution in [0.3, 0.4) is 0 Å². The quantitative estimate of drug-likeness (QED) is 0.143. The fourth-order valence-corrected chi connectivity index (χ4v) is 9.10. The number of nitrogens with zero attached hydrogens (tertiary/aromatic N) is 4. The Morgan fingerprint density at radius 3 is 1.14 bits per heavy atom. The molecule has 66 heavy (non-hydrogen) atoms. The van der Waals surface area contributed by atoms with Crippen molar-refractivity contribution in [3.63, 3.8) is 0 Å². The van der Waals surface area contributed by atoms with E-state index in [0.717, 1.165) is 77.6 Å². The highest BCUT2D eigenvalue weighted by Gasteiger charge is 2.16. The van der Waals surface area contributed by atoms with Crippen LogP contribution in [0, 0.1) is 0 Å². The van der Waals surface area contributed by atoms with Gasteiger partial charge in [0.25, 0.3) is 0 Å². The van der Waals surface area contributed by atoms with E-state index in [1.807, 2.05) is 12.1 Å². The fraction of sp³-hybridized carbons (Fsp3) is 0. The normalized spacial score (nSPS) is 11.3. The molecule has 0 amide bonds. The Balaban J connectivity index is 0.883. The van der Waals surface area contributed by atoms with Crippen molar-refractivity contribution in [2.24, 2.45) is 0 Å². The first-order valence-electron chi connectivity index (χ1n) is 22.3. The van der Waals surface area contributed by atoms with Crippen molar-refractivity contribution in [2.75, 3.05) is 0 Å². The smallest absolute Gasteiger partial charge is 0.164 e. The molecule has 0 spiro atoms. The first-order valence-corrected chi connectivity index (χ1v) is 22.3. The summed E-state index contributed by atoms with van der Waals surface area (Å²) in [4.78, 5) is 20.7. The average molecular weight is 841 g/mol. The van der Waals surface area contributed by atoms with Crippen molar-refractivity contribution in [3.8, 4) is 89.9 Å². The second-order valence-electron chi connectivity index (χ2n) is 16.6. The van der Waals surface area contributed by atoms with E-state index in [1.165, 1.54) is 27.3 Å². The van der Waals surface area contributed by atoms with Crippen molar-refractivity contribution in [1.29, 1.82) is 0 Å². The minimum atomic E-state index is 0.618. The molecule has 10 aromatic carbocycles. The second-order valence-corrected chi connectivity index (χ2v) is 16.6. The summed E-state index contributed by atoms with van der Waals surface area (Å²) < 4.78 is 0. The van der Waals surface area contributed by atoms with E-state index >= 15 is 0 Å². The van der Waals surface area contributed by atoms with Crippen molar-refractivity contribution < 1.29 is 0 Å². The molecule has 0 N–H and O–H groups in total. The van der Waals surface area contributed by atoms with Gasteiger partial charge in [-0.15, -0.1) is 0 Å². The molecule has 0 aliphatic heterocycles. The maximum absolute atomic E-state index is 5.38. The zero-order chi connectivity index (χ0) is 43.8. The predicted molar refractivity (Wildman–Crippen MR) is 274 cm³/mol. The van der Waals surface area contributed by atoms with Gasteiger partial charge in [0, 0.05) is 38.4 Å². The lowest BCUT2D eigenvalue weighted by Gasteiger charge is -2.13. The summed E-state index contributed by atoms with van der Waals surface area (Å²) in [6, 6.07) is 85.3. The lowest BCUT2D eigenvalue weighted by atomic mass is 9.95. The summed E-state index contributed by atoms with van der Waals surface area (Å²) in [5.74, 6) is 1.87. The summed E-state index contributed by atoms with van der Waals surface area (Å²) in [5, 5.41) is 5.88. The molecular weight excluding hydrogens is 801 g/mol. The number of benzene rings is 10. The van der Waals surface area contributed by atoms with Gasteiger partial charge in [-0.2, -0.15) is 0 Å². The van der Waals surface area contributed by atoms with Gasteiger partial charge in [0.15, 0.2) is 17.5 Å². The van der Waals surface area contributed by atoms with Gasteiger partial charge in [-0.05, 0) is 67.4 Å². The molecule has 4 heteroatoms. The van der Waals surface area contributed by atoms with E-state index in [2.05, 4.69) is 231 Å². The summed E-state index contributed by atoms with van der Waals surface area (Å²) in [6.07, 6.45) is 0. The summed E-state index contributed by atoms with van der Waals surface area (Å²) in [6.45, 7) is 0. The van der Waals surface area contributed by atoms with Gasteiger partial charge in [-0.1, -0.05) is 231 Å². The Morgan fingerprint density at radius 1 is 0.197 bits per heavy atom. The van der Waals surface area contributed by atoms with Gasteiger partial charge >= 0.3 is 0 Å². The Labute approximate surface area is 383 Å². The molecule has 0 aliphatic rings. The third kappa shape index (κ3) is 7.36. The molecule has 308 valence electrons. The molecule has 0 fully saturated rings. The number of hydrogen-bond donors (Lipinski definition) is 0. The molecule has 0 radical (unpaired) electrons. The molecular formula is C62H40N4. The minimum Gasteiger partial charge on any atom is -0.246 e. The van der Waals surface area contributed by atoms with Gasteiger partial charge in [0.05, 0.1) is 11.2 Å². The lowest BCUT2D eigenvalue weighted by molar-refractivity contribution is 1.07. The van der Waals surface area contributed by atoms with Crippen LogP contribution in [0.25, 0.3) is 122 Å². The SMILES string of the molecule is c1ccc(-c2ccc(-c3nc(-c4ccc(-c5ccccc5)cc4)nc(-c4cccc(-c5ccc(-c6cccc(-c7nc8c9ccccc9ccc8c8ccccc78)c6)cc5)c4)n3)cc2)cc1. The van der Waals surface area contributed by atoms with Crippen LogP contribution in [0.5, 0.6) is 0 Å². The predicted octanol–water partition coefficient (Wildman–Crippen LogP) is 16.1. The topological polar surface area (TPSA) is 51.6 Å². The molecule has 0 bridgehead atoms. The largest absolute Gasteiger partial charge is 0.246 e. The Kier molecular flexibility index (Phi) is 9.81. The average Bonchev–Trinajstić information content (AvgIpc) is 3.41. The van der Waals surface area contributed by atoms with E-state index in [4.69, 9.17) is 19.9 Å². The summed E-state index contributed by atoms with van der Waals surface area (Å²) in [7, 11) is 0. The maximum atomic E-state index is 5.38. The van der Waals surface area contributed by atoms with Crippen LogP contribution >= 0.6 is 0 Å². The van der Waals surface area contributed by atoms with Crippen LogP contribution in [0.15, 0.2) is 243 Å². The Bertz CT molecular complexity index is 3610. The molecule has 12 rings (SSSR count). The van der Waals surface area contributed by atoms with E-state index < -0.39 is 0 Å². The lowest BCUT2D eigenvalue weighted by Crippen LogP contribution is -2.00. The van der Waals surface area contributed by atoms with Crippen LogP contribution in [0.1, 0.15) is 0 Å². The van der Waals surface area contributed by atoms with E-state index in [9.17, 15) is 0 Å². The minimum absolute atomic E-state index is 0.618. The van der Waals surface area contributed by atoms with E-state index in [-0.39, 0.29) is 0 Å². The summed E-state index contributed by atoms with van der Waals surface area (Å²) in [5.41, 5.74) is 14.9. The van der Waals surface area contributed by atoms with Gasteiger partial charge in [0.1, 0.15) is 0 Å². The molecule has 0 saturated heterocycles. The van der Waals surface area contributed by atoms with Crippen molar-refractivity contribution in [2.45, 2.75) is 0 Å². The molecule has 12 aromatic rings. The summed E-state index contributed by atoms with van der Waals surface area (Å²) >= 11 is 0. The third-order valence-corrected chi connectivity index (χ3v) is 12.5. The maximum Gasteiger partial charge on any atom is 0.164 e. The number of rotatable bonds is 8. The van der Waals surface area contributed by atoms with Gasteiger partial charge < -0.3 is 0 Å².